The lowest BCUT2D eigenvalue weighted by atomic mass is 10.1. The standard InChI is InChI=1S/C12H18N4O2/c1-3-4-10(11(13)16-18)15-12(17)9-5-8(2)6-14-7-9/h5-7,10,18H,3-4H2,1-2H3,(H2,13,16)(H,15,17). The number of carbonyl (C=O) groups excluding carboxylic acids is 1. The first-order chi connectivity index (χ1) is 8.58. The molecule has 0 saturated carbocycles. The van der Waals surface area contributed by atoms with Gasteiger partial charge in [-0.2, -0.15) is 0 Å². The van der Waals surface area contributed by atoms with E-state index in [1.54, 1.807) is 12.3 Å². The molecule has 4 N–H and O–H groups in total. The largest absolute Gasteiger partial charge is 0.409 e. The maximum absolute atomic E-state index is 12.0. The van der Waals surface area contributed by atoms with Crippen molar-refractivity contribution < 1.29 is 10.0 Å². The van der Waals surface area contributed by atoms with Gasteiger partial charge < -0.3 is 16.3 Å². The second-order valence-electron chi connectivity index (χ2n) is 4.09. The van der Waals surface area contributed by atoms with Crippen LogP contribution in [0.2, 0.25) is 0 Å². The molecule has 1 aromatic rings. The molecule has 6 heteroatoms. The Kier molecular flexibility index (Phi) is 5.10. The molecule has 1 aromatic heterocycles. The maximum atomic E-state index is 12.0. The van der Waals surface area contributed by atoms with Crippen molar-refractivity contribution in [1.29, 1.82) is 0 Å². The van der Waals surface area contributed by atoms with E-state index in [9.17, 15) is 4.79 Å². The summed E-state index contributed by atoms with van der Waals surface area (Å²) in [6.07, 6.45) is 4.58. The van der Waals surface area contributed by atoms with E-state index in [1.807, 2.05) is 13.8 Å². The molecule has 18 heavy (non-hydrogen) atoms. The molecule has 0 aliphatic carbocycles. The van der Waals surface area contributed by atoms with E-state index < -0.39 is 6.04 Å². The summed E-state index contributed by atoms with van der Waals surface area (Å²) in [5, 5.41) is 14.3. The van der Waals surface area contributed by atoms with Gasteiger partial charge in [0.25, 0.3) is 5.91 Å². The van der Waals surface area contributed by atoms with Crippen molar-refractivity contribution in [1.82, 2.24) is 10.3 Å². The molecule has 6 nitrogen and oxygen atoms in total. The fourth-order valence-corrected chi connectivity index (χ4v) is 1.57. The van der Waals surface area contributed by atoms with Crippen molar-refractivity contribution in [3.05, 3.63) is 29.6 Å². The number of nitrogens with two attached hydrogens (primary N) is 1. The molecule has 0 fully saturated rings. The summed E-state index contributed by atoms with van der Waals surface area (Å²) in [4.78, 5) is 15.9. The van der Waals surface area contributed by atoms with E-state index in [2.05, 4.69) is 15.5 Å². The first-order valence-corrected chi connectivity index (χ1v) is 5.78. The van der Waals surface area contributed by atoms with Crippen LogP contribution in [0.5, 0.6) is 0 Å². The van der Waals surface area contributed by atoms with Gasteiger partial charge in [-0.15, -0.1) is 0 Å². The monoisotopic (exact) mass is 250 g/mol. The third-order valence-electron chi connectivity index (χ3n) is 2.49. The van der Waals surface area contributed by atoms with Gasteiger partial charge in [-0.05, 0) is 25.0 Å². The van der Waals surface area contributed by atoms with Crippen LogP contribution < -0.4 is 11.1 Å². The Morgan fingerprint density at radius 2 is 2.33 bits per heavy atom. The molecule has 1 atom stereocenters. The molecule has 1 unspecified atom stereocenters. The topological polar surface area (TPSA) is 101 Å². The van der Waals surface area contributed by atoms with Gasteiger partial charge in [0.15, 0.2) is 5.84 Å². The van der Waals surface area contributed by atoms with Crippen molar-refractivity contribution >= 4 is 11.7 Å². The van der Waals surface area contributed by atoms with Crippen LogP contribution in [-0.2, 0) is 0 Å². The summed E-state index contributed by atoms with van der Waals surface area (Å²) < 4.78 is 0. The average Bonchev–Trinajstić information content (AvgIpc) is 2.37. The number of hydrogen-bond acceptors (Lipinski definition) is 4. The summed E-state index contributed by atoms with van der Waals surface area (Å²) in [7, 11) is 0. The van der Waals surface area contributed by atoms with Gasteiger partial charge in [0, 0.05) is 12.4 Å². The van der Waals surface area contributed by atoms with Gasteiger partial charge in [-0.3, -0.25) is 9.78 Å². The third-order valence-corrected chi connectivity index (χ3v) is 2.49. The number of nitrogens with zero attached hydrogens (tertiary/aromatic N) is 2. The van der Waals surface area contributed by atoms with Gasteiger partial charge in [0.1, 0.15) is 0 Å². The van der Waals surface area contributed by atoms with E-state index >= 15 is 0 Å². The summed E-state index contributed by atoms with van der Waals surface area (Å²) in [5.41, 5.74) is 6.89. The number of amides is 1. The van der Waals surface area contributed by atoms with Crippen LogP contribution in [0.15, 0.2) is 23.6 Å². The van der Waals surface area contributed by atoms with E-state index in [0.717, 1.165) is 12.0 Å². The Hall–Kier alpha value is -2.11. The van der Waals surface area contributed by atoms with Crippen LogP contribution in [0.25, 0.3) is 0 Å². The van der Waals surface area contributed by atoms with E-state index in [1.165, 1.54) is 6.20 Å². The maximum Gasteiger partial charge on any atom is 0.253 e. The lowest BCUT2D eigenvalue weighted by molar-refractivity contribution is 0.0944. The van der Waals surface area contributed by atoms with Gasteiger partial charge in [0.05, 0.1) is 11.6 Å². The Bertz CT molecular complexity index is 445. The lowest BCUT2D eigenvalue weighted by Crippen LogP contribution is -2.44. The Morgan fingerprint density at radius 1 is 1.61 bits per heavy atom. The highest BCUT2D eigenvalue weighted by Gasteiger charge is 2.17. The molecular formula is C12H18N4O2. The second kappa shape index (κ2) is 6.58. The summed E-state index contributed by atoms with van der Waals surface area (Å²) in [6, 6.07) is 1.27. The molecule has 98 valence electrons. The molecule has 0 saturated heterocycles. The molecule has 0 aromatic carbocycles. The minimum absolute atomic E-state index is 0.00538. The van der Waals surface area contributed by atoms with E-state index in [-0.39, 0.29) is 11.7 Å². The summed E-state index contributed by atoms with van der Waals surface area (Å²) in [5.74, 6) is -0.276. The normalized spacial score (nSPS) is 13.1. The zero-order chi connectivity index (χ0) is 13.5. The van der Waals surface area contributed by atoms with E-state index in [4.69, 9.17) is 10.9 Å². The quantitative estimate of drug-likeness (QED) is 0.314. The first kappa shape index (κ1) is 14.0. The second-order valence-corrected chi connectivity index (χ2v) is 4.09. The Morgan fingerprint density at radius 3 is 2.89 bits per heavy atom. The van der Waals surface area contributed by atoms with Crippen molar-refractivity contribution in [2.24, 2.45) is 10.9 Å². The number of rotatable bonds is 5. The zero-order valence-electron chi connectivity index (χ0n) is 10.6. The van der Waals surface area contributed by atoms with Crippen LogP contribution in [0.3, 0.4) is 0 Å². The lowest BCUT2D eigenvalue weighted by Gasteiger charge is -2.16. The number of amidine groups is 1. The smallest absolute Gasteiger partial charge is 0.253 e. The van der Waals surface area contributed by atoms with Crippen LogP contribution in [0.1, 0.15) is 35.7 Å². The molecule has 0 aliphatic heterocycles. The van der Waals surface area contributed by atoms with Crippen LogP contribution in [0, 0.1) is 6.92 Å². The third kappa shape index (κ3) is 3.73. The van der Waals surface area contributed by atoms with Gasteiger partial charge >= 0.3 is 0 Å². The highest BCUT2D eigenvalue weighted by atomic mass is 16.4. The van der Waals surface area contributed by atoms with Gasteiger partial charge in [-0.25, -0.2) is 0 Å². The molecule has 0 spiro atoms. The number of aromatic nitrogens is 1. The van der Waals surface area contributed by atoms with Crippen molar-refractivity contribution in [3.8, 4) is 0 Å². The van der Waals surface area contributed by atoms with Gasteiger partial charge in [0.2, 0.25) is 0 Å². The number of pyridine rings is 1. The van der Waals surface area contributed by atoms with Crippen LogP contribution >= 0.6 is 0 Å². The van der Waals surface area contributed by atoms with E-state index in [0.29, 0.717) is 12.0 Å². The molecule has 0 bridgehead atoms. The average molecular weight is 250 g/mol. The molecule has 1 rings (SSSR count). The minimum atomic E-state index is -0.465. The van der Waals surface area contributed by atoms with Crippen molar-refractivity contribution in [3.63, 3.8) is 0 Å². The van der Waals surface area contributed by atoms with Gasteiger partial charge in [-0.1, -0.05) is 18.5 Å². The molecule has 0 aliphatic rings. The minimum Gasteiger partial charge on any atom is -0.409 e. The predicted octanol–water partition coefficient (Wildman–Crippen LogP) is 1.03. The number of aryl methyl sites for hydroxylation is 1. The van der Waals surface area contributed by atoms with Crippen molar-refractivity contribution in [2.75, 3.05) is 0 Å². The van der Waals surface area contributed by atoms with Crippen LogP contribution in [-0.4, -0.2) is 28.0 Å². The molecule has 0 radical (unpaired) electrons. The highest BCUT2D eigenvalue weighted by molar-refractivity contribution is 5.98. The number of hydrogen-bond donors (Lipinski definition) is 3. The molecule has 1 heterocycles. The number of carbonyl (C=O) groups is 1. The fraction of sp³-hybridized carbons (Fsp3) is 0.417. The SMILES string of the molecule is CCCC(NC(=O)c1cncc(C)c1)C(N)=NO. The summed E-state index contributed by atoms with van der Waals surface area (Å²) in [6.45, 7) is 3.81. The summed E-state index contributed by atoms with van der Waals surface area (Å²) >= 11 is 0. The molecular weight excluding hydrogens is 232 g/mol. The van der Waals surface area contributed by atoms with Crippen LogP contribution in [0.4, 0.5) is 0 Å². The fourth-order valence-electron chi connectivity index (χ4n) is 1.57. The Labute approximate surface area is 106 Å². The van der Waals surface area contributed by atoms with Crippen molar-refractivity contribution in [2.45, 2.75) is 32.7 Å². The molecule has 1 amide bonds. The zero-order valence-corrected chi connectivity index (χ0v) is 10.6. The Balaban J connectivity index is 2.78. The predicted molar refractivity (Wildman–Crippen MR) is 68.5 cm³/mol. The number of oxime groups is 1. The number of nitrogens with one attached hydrogen (secondary N) is 1. The highest BCUT2D eigenvalue weighted by Crippen LogP contribution is 2.03. The first-order valence-electron chi connectivity index (χ1n) is 5.78.